The molecule has 0 fully saturated rings. The van der Waals surface area contributed by atoms with Gasteiger partial charge in [0.15, 0.2) is 5.84 Å². The summed E-state index contributed by atoms with van der Waals surface area (Å²) in [5.41, 5.74) is 6.80. The lowest BCUT2D eigenvalue weighted by molar-refractivity contribution is -0.122. The number of hydrogen-bond acceptors (Lipinski definition) is 4. The van der Waals surface area contributed by atoms with Crippen LogP contribution in [-0.2, 0) is 4.79 Å². The molecule has 1 aromatic heterocycles. The lowest BCUT2D eigenvalue weighted by Gasteiger charge is -2.28. The van der Waals surface area contributed by atoms with Gasteiger partial charge in [-0.25, -0.2) is 0 Å². The van der Waals surface area contributed by atoms with Crippen LogP contribution in [0.1, 0.15) is 38.1 Å². The second-order valence-electron chi connectivity index (χ2n) is 4.54. The molecule has 19 heavy (non-hydrogen) atoms. The number of aryl methyl sites for hydroxylation is 2. The zero-order chi connectivity index (χ0) is 14.6. The Kier molecular flexibility index (Phi) is 4.52. The SMILES string of the molecule is CCC(CC)(C(=O)Nc1c(C)n[nH]c1C)C(N)=NO. The predicted molar refractivity (Wildman–Crippen MR) is 73.1 cm³/mol. The summed E-state index contributed by atoms with van der Waals surface area (Å²) in [5, 5.41) is 21.5. The number of aromatic amines is 1. The van der Waals surface area contributed by atoms with Crippen molar-refractivity contribution in [1.29, 1.82) is 0 Å². The number of hydrogen-bond donors (Lipinski definition) is 4. The number of amides is 1. The molecule has 0 aliphatic rings. The van der Waals surface area contributed by atoms with Gasteiger partial charge in [-0.15, -0.1) is 0 Å². The van der Waals surface area contributed by atoms with E-state index in [2.05, 4.69) is 20.7 Å². The molecule has 1 rings (SSSR count). The van der Waals surface area contributed by atoms with Gasteiger partial charge in [0.25, 0.3) is 0 Å². The maximum Gasteiger partial charge on any atom is 0.238 e. The third-order valence-electron chi connectivity index (χ3n) is 3.61. The number of carbonyl (C=O) groups excluding carboxylic acids is 1. The monoisotopic (exact) mass is 267 g/mol. The van der Waals surface area contributed by atoms with Gasteiger partial charge in [0.2, 0.25) is 5.91 Å². The van der Waals surface area contributed by atoms with Crippen LogP contribution in [0.5, 0.6) is 0 Å². The van der Waals surface area contributed by atoms with E-state index in [0.717, 1.165) is 5.69 Å². The van der Waals surface area contributed by atoms with E-state index in [1.807, 2.05) is 20.8 Å². The van der Waals surface area contributed by atoms with Crippen molar-refractivity contribution in [2.75, 3.05) is 5.32 Å². The Morgan fingerprint density at radius 1 is 1.47 bits per heavy atom. The molecule has 0 aliphatic carbocycles. The van der Waals surface area contributed by atoms with E-state index in [-0.39, 0.29) is 11.7 Å². The van der Waals surface area contributed by atoms with Gasteiger partial charge in [0, 0.05) is 0 Å². The summed E-state index contributed by atoms with van der Waals surface area (Å²) in [6.07, 6.45) is 0.891. The average Bonchev–Trinajstić information content (AvgIpc) is 2.72. The van der Waals surface area contributed by atoms with Gasteiger partial charge in [0.1, 0.15) is 5.41 Å². The zero-order valence-corrected chi connectivity index (χ0v) is 11.7. The highest BCUT2D eigenvalue weighted by molar-refractivity contribution is 6.12. The highest BCUT2D eigenvalue weighted by Crippen LogP contribution is 2.29. The Morgan fingerprint density at radius 2 is 2.05 bits per heavy atom. The number of nitrogens with one attached hydrogen (secondary N) is 2. The summed E-state index contributed by atoms with van der Waals surface area (Å²) in [6, 6.07) is 0. The second kappa shape index (κ2) is 5.73. The summed E-state index contributed by atoms with van der Waals surface area (Å²) in [7, 11) is 0. The molecule has 0 spiro atoms. The molecule has 1 aromatic rings. The first kappa shape index (κ1) is 15.0. The third-order valence-corrected chi connectivity index (χ3v) is 3.61. The molecule has 0 radical (unpaired) electrons. The summed E-state index contributed by atoms with van der Waals surface area (Å²) in [6.45, 7) is 7.27. The van der Waals surface area contributed by atoms with Crippen LogP contribution in [-0.4, -0.2) is 27.1 Å². The number of oxime groups is 1. The first-order chi connectivity index (χ1) is 8.92. The second-order valence-corrected chi connectivity index (χ2v) is 4.54. The number of nitrogens with zero attached hydrogens (tertiary/aromatic N) is 2. The van der Waals surface area contributed by atoms with Gasteiger partial charge >= 0.3 is 0 Å². The number of anilines is 1. The topological polar surface area (TPSA) is 116 Å². The molecular formula is C12H21N5O2. The van der Waals surface area contributed by atoms with Gasteiger partial charge < -0.3 is 16.3 Å². The Hall–Kier alpha value is -2.05. The van der Waals surface area contributed by atoms with Gasteiger partial charge in [-0.05, 0) is 26.7 Å². The highest BCUT2D eigenvalue weighted by Gasteiger charge is 2.40. The van der Waals surface area contributed by atoms with Crippen LogP contribution in [0.15, 0.2) is 5.16 Å². The van der Waals surface area contributed by atoms with Crippen LogP contribution in [0.25, 0.3) is 0 Å². The molecule has 7 heteroatoms. The van der Waals surface area contributed by atoms with Crippen molar-refractivity contribution in [2.24, 2.45) is 16.3 Å². The Balaban J connectivity index is 3.10. The molecule has 7 nitrogen and oxygen atoms in total. The summed E-state index contributed by atoms with van der Waals surface area (Å²) < 4.78 is 0. The number of nitrogens with two attached hydrogens (primary N) is 1. The van der Waals surface area contributed by atoms with Gasteiger partial charge in [-0.1, -0.05) is 19.0 Å². The Morgan fingerprint density at radius 3 is 2.42 bits per heavy atom. The van der Waals surface area contributed by atoms with E-state index in [1.165, 1.54) is 0 Å². The van der Waals surface area contributed by atoms with Gasteiger partial charge in [-0.2, -0.15) is 5.10 Å². The standard InChI is InChI=1S/C12H21N5O2/c1-5-12(6-2,10(13)17-19)11(18)14-9-7(3)15-16-8(9)4/h19H,5-6H2,1-4H3,(H2,13,17)(H,14,18)(H,15,16). The van der Waals surface area contributed by atoms with Crippen molar-refractivity contribution < 1.29 is 10.0 Å². The molecular weight excluding hydrogens is 246 g/mol. The largest absolute Gasteiger partial charge is 0.409 e. The van der Waals surface area contributed by atoms with E-state index in [4.69, 9.17) is 10.9 Å². The molecule has 1 amide bonds. The fourth-order valence-electron chi connectivity index (χ4n) is 2.11. The molecule has 0 saturated heterocycles. The maximum atomic E-state index is 12.5. The van der Waals surface area contributed by atoms with E-state index < -0.39 is 5.41 Å². The lowest BCUT2D eigenvalue weighted by Crippen LogP contribution is -2.46. The minimum absolute atomic E-state index is 0.0752. The van der Waals surface area contributed by atoms with E-state index in [9.17, 15) is 4.79 Å². The number of carbonyl (C=O) groups is 1. The number of H-pyrrole nitrogens is 1. The van der Waals surface area contributed by atoms with Crippen molar-refractivity contribution in [3.8, 4) is 0 Å². The van der Waals surface area contributed by atoms with E-state index >= 15 is 0 Å². The van der Waals surface area contributed by atoms with Crippen LogP contribution in [0.2, 0.25) is 0 Å². The summed E-state index contributed by atoms with van der Waals surface area (Å²) >= 11 is 0. The van der Waals surface area contributed by atoms with Gasteiger partial charge in [0.05, 0.1) is 17.1 Å². The summed E-state index contributed by atoms with van der Waals surface area (Å²) in [4.78, 5) is 12.5. The first-order valence-corrected chi connectivity index (χ1v) is 6.23. The third kappa shape index (κ3) is 2.54. The van der Waals surface area contributed by atoms with Crippen molar-refractivity contribution in [2.45, 2.75) is 40.5 Å². The molecule has 0 unspecified atom stereocenters. The van der Waals surface area contributed by atoms with E-state index in [0.29, 0.717) is 24.2 Å². The number of amidine groups is 1. The van der Waals surface area contributed by atoms with Crippen LogP contribution in [0.3, 0.4) is 0 Å². The van der Waals surface area contributed by atoms with Gasteiger partial charge in [-0.3, -0.25) is 9.89 Å². The van der Waals surface area contributed by atoms with Crippen molar-refractivity contribution in [3.05, 3.63) is 11.4 Å². The van der Waals surface area contributed by atoms with Crippen LogP contribution >= 0.6 is 0 Å². The van der Waals surface area contributed by atoms with Crippen molar-refractivity contribution in [1.82, 2.24) is 10.2 Å². The Labute approximate surface area is 112 Å². The normalized spacial score (nSPS) is 12.5. The maximum absolute atomic E-state index is 12.5. The molecule has 0 atom stereocenters. The first-order valence-electron chi connectivity index (χ1n) is 6.23. The minimum Gasteiger partial charge on any atom is -0.409 e. The fraction of sp³-hybridized carbons (Fsp3) is 0.583. The molecule has 0 aromatic carbocycles. The lowest BCUT2D eigenvalue weighted by atomic mass is 9.80. The van der Waals surface area contributed by atoms with Crippen LogP contribution in [0.4, 0.5) is 5.69 Å². The van der Waals surface area contributed by atoms with Crippen molar-refractivity contribution >= 4 is 17.4 Å². The molecule has 0 aliphatic heterocycles. The quantitative estimate of drug-likeness (QED) is 0.280. The minimum atomic E-state index is -1.01. The zero-order valence-electron chi connectivity index (χ0n) is 11.7. The number of rotatable bonds is 5. The predicted octanol–water partition coefficient (Wildman–Crippen LogP) is 1.52. The Bertz CT molecular complexity index is 469. The highest BCUT2D eigenvalue weighted by atomic mass is 16.4. The molecule has 0 bridgehead atoms. The summed E-state index contributed by atoms with van der Waals surface area (Å²) in [5.74, 6) is -0.366. The molecule has 0 saturated carbocycles. The molecule has 5 N–H and O–H groups in total. The van der Waals surface area contributed by atoms with Crippen LogP contribution < -0.4 is 11.1 Å². The molecule has 106 valence electrons. The van der Waals surface area contributed by atoms with E-state index in [1.54, 1.807) is 6.92 Å². The van der Waals surface area contributed by atoms with Crippen LogP contribution in [0, 0.1) is 19.3 Å². The average molecular weight is 267 g/mol. The smallest absolute Gasteiger partial charge is 0.238 e. The molecule has 1 heterocycles. The fourth-order valence-corrected chi connectivity index (χ4v) is 2.11. The van der Waals surface area contributed by atoms with Crippen molar-refractivity contribution in [3.63, 3.8) is 0 Å². The number of aromatic nitrogens is 2.